The van der Waals surface area contributed by atoms with Crippen LogP contribution in [0.1, 0.15) is 104 Å². The van der Waals surface area contributed by atoms with E-state index < -0.39 is 8.38 Å². The summed E-state index contributed by atoms with van der Waals surface area (Å²) >= 11 is 0. The lowest BCUT2D eigenvalue weighted by atomic mass is 10.1. The minimum absolute atomic E-state index is 0.655. The highest BCUT2D eigenvalue weighted by Gasteiger charge is 2.16. The molecule has 0 aliphatic carbocycles. The molecule has 0 aliphatic heterocycles. The molecule has 0 aliphatic rings. The molecule has 0 saturated carbocycles. The maximum Gasteiger partial charge on any atom is 0.170 e. The van der Waals surface area contributed by atoms with Gasteiger partial charge in [-0.2, -0.15) is 0 Å². The highest BCUT2D eigenvalue weighted by atomic mass is 31.2. The van der Waals surface area contributed by atoms with Crippen LogP contribution in [0.15, 0.2) is 0 Å². The number of quaternary nitrogens is 1. The van der Waals surface area contributed by atoms with Gasteiger partial charge in [0, 0.05) is 12.6 Å². The van der Waals surface area contributed by atoms with E-state index >= 15 is 0 Å². The quantitative estimate of drug-likeness (QED) is 0.112. The molecule has 164 valence electrons. The lowest BCUT2D eigenvalue weighted by Crippen LogP contribution is -2.41. The third kappa shape index (κ3) is 19.4. The number of hydrogen-bond donors (Lipinski definition) is 0. The normalized spacial score (nSPS) is 12.2. The van der Waals surface area contributed by atoms with E-state index in [1.807, 2.05) is 0 Å². The molecule has 0 radical (unpaired) electrons. The van der Waals surface area contributed by atoms with Crippen LogP contribution in [0.3, 0.4) is 0 Å². The van der Waals surface area contributed by atoms with Crippen LogP contribution in [0.25, 0.3) is 0 Å². The molecule has 0 spiro atoms. The fourth-order valence-electron chi connectivity index (χ4n) is 3.57. The maximum atomic E-state index is 5.71. The summed E-state index contributed by atoms with van der Waals surface area (Å²) in [5.74, 6) is 0. The molecular formula is C23H51NO2P+. The Kier molecular flexibility index (Phi) is 19.8. The molecule has 0 saturated heterocycles. The SMILES string of the molecule is CCCCCCCCCCCCCC[N+](C)(C)CCCP(OCC)OCC. The largest absolute Gasteiger partial charge is 0.334 e. The van der Waals surface area contributed by atoms with Gasteiger partial charge in [0.25, 0.3) is 0 Å². The molecule has 3 nitrogen and oxygen atoms in total. The molecule has 0 fully saturated rings. The Bertz CT molecular complexity index is 294. The average Bonchev–Trinajstić information content (AvgIpc) is 2.63. The van der Waals surface area contributed by atoms with Crippen molar-refractivity contribution in [3.8, 4) is 0 Å². The minimum atomic E-state index is -0.655. The van der Waals surface area contributed by atoms with Crippen molar-refractivity contribution >= 4 is 8.38 Å². The summed E-state index contributed by atoms with van der Waals surface area (Å²) in [5.41, 5.74) is 0. The van der Waals surface area contributed by atoms with E-state index in [4.69, 9.17) is 9.05 Å². The van der Waals surface area contributed by atoms with Crippen LogP contribution in [0.2, 0.25) is 0 Å². The van der Waals surface area contributed by atoms with Gasteiger partial charge in [-0.05, 0) is 26.7 Å². The van der Waals surface area contributed by atoms with Gasteiger partial charge in [-0.15, -0.1) is 0 Å². The van der Waals surface area contributed by atoms with Crippen LogP contribution in [0, 0.1) is 0 Å². The Hall–Kier alpha value is 0.310. The fraction of sp³-hybridized carbons (Fsp3) is 1.00. The first kappa shape index (κ1) is 27.3. The van der Waals surface area contributed by atoms with E-state index in [1.165, 1.54) is 96.6 Å². The van der Waals surface area contributed by atoms with E-state index in [1.54, 1.807) is 0 Å². The highest BCUT2D eigenvalue weighted by molar-refractivity contribution is 7.47. The third-order valence-electron chi connectivity index (χ3n) is 5.27. The zero-order valence-electron chi connectivity index (χ0n) is 19.4. The van der Waals surface area contributed by atoms with Gasteiger partial charge < -0.3 is 13.5 Å². The van der Waals surface area contributed by atoms with E-state index in [0.717, 1.165) is 23.9 Å². The van der Waals surface area contributed by atoms with Crippen molar-refractivity contribution in [2.75, 3.05) is 46.6 Å². The molecule has 0 unspecified atom stereocenters. The molecule has 27 heavy (non-hydrogen) atoms. The molecular weight excluding hydrogens is 353 g/mol. The summed E-state index contributed by atoms with van der Waals surface area (Å²) < 4.78 is 12.6. The van der Waals surface area contributed by atoms with Crippen molar-refractivity contribution in [1.82, 2.24) is 0 Å². The van der Waals surface area contributed by atoms with Crippen LogP contribution >= 0.6 is 8.38 Å². The van der Waals surface area contributed by atoms with E-state index in [9.17, 15) is 0 Å². The number of rotatable bonds is 21. The van der Waals surface area contributed by atoms with Crippen LogP contribution < -0.4 is 0 Å². The van der Waals surface area contributed by atoms with E-state index in [0.29, 0.717) is 0 Å². The van der Waals surface area contributed by atoms with Crippen LogP contribution in [0.4, 0.5) is 0 Å². The Morgan fingerprint density at radius 1 is 0.556 bits per heavy atom. The lowest BCUT2D eigenvalue weighted by molar-refractivity contribution is -0.890. The van der Waals surface area contributed by atoms with Gasteiger partial charge in [-0.1, -0.05) is 71.1 Å². The summed E-state index contributed by atoms with van der Waals surface area (Å²) in [5, 5.41) is 0. The monoisotopic (exact) mass is 404 g/mol. The third-order valence-corrected chi connectivity index (χ3v) is 7.04. The summed E-state index contributed by atoms with van der Waals surface area (Å²) in [7, 11) is 4.10. The molecule has 0 N–H and O–H groups in total. The van der Waals surface area contributed by atoms with Crippen molar-refractivity contribution in [3.63, 3.8) is 0 Å². The molecule has 0 amide bonds. The first-order chi connectivity index (χ1) is 13.1. The minimum Gasteiger partial charge on any atom is -0.334 e. The second-order valence-electron chi connectivity index (χ2n) is 8.52. The van der Waals surface area contributed by atoms with Gasteiger partial charge in [0.05, 0.1) is 40.4 Å². The van der Waals surface area contributed by atoms with Crippen molar-refractivity contribution in [1.29, 1.82) is 0 Å². The second kappa shape index (κ2) is 19.6. The second-order valence-corrected chi connectivity index (χ2v) is 10.1. The summed E-state index contributed by atoms with van der Waals surface area (Å²) in [6.07, 6.45) is 19.4. The first-order valence-corrected chi connectivity index (χ1v) is 13.3. The molecule has 4 heteroatoms. The predicted octanol–water partition coefficient (Wildman–Crippen LogP) is 7.54. The molecule has 0 atom stereocenters. The lowest BCUT2D eigenvalue weighted by Gasteiger charge is -2.30. The average molecular weight is 405 g/mol. The maximum absolute atomic E-state index is 5.71. The van der Waals surface area contributed by atoms with Gasteiger partial charge in [0.2, 0.25) is 0 Å². The van der Waals surface area contributed by atoms with Crippen LogP contribution in [-0.4, -0.2) is 51.0 Å². The fourth-order valence-corrected chi connectivity index (χ4v) is 4.88. The molecule has 0 heterocycles. The Morgan fingerprint density at radius 2 is 0.963 bits per heavy atom. The van der Waals surface area contributed by atoms with E-state index in [-0.39, 0.29) is 0 Å². The van der Waals surface area contributed by atoms with Gasteiger partial charge in [0.15, 0.2) is 8.38 Å². The first-order valence-electron chi connectivity index (χ1n) is 11.9. The summed E-state index contributed by atoms with van der Waals surface area (Å²) in [6, 6.07) is 0. The standard InChI is InChI=1S/C23H51NO2P/c1-6-9-10-11-12-13-14-15-16-17-18-19-21-24(4,5)22-20-23-27(25-7-2)26-8-3/h6-23H2,1-5H3/q+1. The van der Waals surface area contributed by atoms with Crippen molar-refractivity contribution in [3.05, 3.63) is 0 Å². The van der Waals surface area contributed by atoms with Gasteiger partial charge in [-0.3, -0.25) is 0 Å². The Morgan fingerprint density at radius 3 is 1.41 bits per heavy atom. The zero-order chi connectivity index (χ0) is 20.2. The van der Waals surface area contributed by atoms with Crippen molar-refractivity contribution in [2.45, 2.75) is 104 Å². The van der Waals surface area contributed by atoms with Gasteiger partial charge in [-0.25, -0.2) is 0 Å². The molecule has 0 rings (SSSR count). The van der Waals surface area contributed by atoms with Crippen molar-refractivity contribution in [2.24, 2.45) is 0 Å². The summed E-state index contributed by atoms with van der Waals surface area (Å²) in [6.45, 7) is 10.5. The van der Waals surface area contributed by atoms with Crippen LogP contribution in [-0.2, 0) is 9.05 Å². The Labute approximate surface area is 173 Å². The smallest absolute Gasteiger partial charge is 0.170 e. The van der Waals surface area contributed by atoms with Gasteiger partial charge in [0.1, 0.15) is 0 Å². The molecule has 0 aromatic carbocycles. The zero-order valence-corrected chi connectivity index (χ0v) is 20.3. The number of unbranched alkanes of at least 4 members (excludes halogenated alkanes) is 11. The molecule has 0 bridgehead atoms. The molecule has 0 aromatic rings. The molecule has 0 aromatic heterocycles. The van der Waals surface area contributed by atoms with E-state index in [2.05, 4.69) is 34.9 Å². The predicted molar refractivity (Wildman–Crippen MR) is 123 cm³/mol. The van der Waals surface area contributed by atoms with Crippen LogP contribution in [0.5, 0.6) is 0 Å². The Balaban J connectivity index is 3.50. The van der Waals surface area contributed by atoms with Crippen molar-refractivity contribution < 1.29 is 13.5 Å². The number of hydrogen-bond acceptors (Lipinski definition) is 2. The highest BCUT2D eigenvalue weighted by Crippen LogP contribution is 2.38. The number of nitrogens with zero attached hydrogens (tertiary/aromatic N) is 1. The summed E-state index contributed by atoms with van der Waals surface area (Å²) in [4.78, 5) is 0. The van der Waals surface area contributed by atoms with Gasteiger partial charge >= 0.3 is 0 Å². The topological polar surface area (TPSA) is 18.5 Å².